The highest BCUT2D eigenvalue weighted by Gasteiger charge is 2.10. The van der Waals surface area contributed by atoms with E-state index in [4.69, 9.17) is 9.47 Å². The normalized spacial score (nSPS) is 10.2. The summed E-state index contributed by atoms with van der Waals surface area (Å²) in [5, 5.41) is 7.06. The van der Waals surface area contributed by atoms with E-state index in [1.165, 1.54) is 0 Å². The smallest absolute Gasteiger partial charge is 0.344 e. The van der Waals surface area contributed by atoms with E-state index in [2.05, 4.69) is 10.6 Å². The highest BCUT2D eigenvalue weighted by molar-refractivity contribution is 5.86. The van der Waals surface area contributed by atoms with Gasteiger partial charge in [0.2, 0.25) is 5.91 Å². The predicted octanol–water partition coefficient (Wildman–Crippen LogP) is 1.40. The van der Waals surface area contributed by atoms with E-state index in [-0.39, 0.29) is 19.1 Å². The van der Waals surface area contributed by atoms with Gasteiger partial charge < -0.3 is 20.1 Å². The molecule has 2 aromatic rings. The van der Waals surface area contributed by atoms with Crippen molar-refractivity contribution < 1.29 is 23.9 Å². The third-order valence-electron chi connectivity index (χ3n) is 3.46. The molecule has 0 atom stereocenters. The summed E-state index contributed by atoms with van der Waals surface area (Å²) in [7, 11) is 0. The molecule has 0 unspecified atom stereocenters. The van der Waals surface area contributed by atoms with Crippen LogP contribution in [0.1, 0.15) is 13.3 Å². The summed E-state index contributed by atoms with van der Waals surface area (Å²) >= 11 is 0. The second kappa shape index (κ2) is 10.0. The fourth-order valence-electron chi connectivity index (χ4n) is 2.14. The summed E-state index contributed by atoms with van der Waals surface area (Å²) in [5.74, 6) is -0.955. The van der Waals surface area contributed by atoms with Crippen LogP contribution < -0.4 is 15.4 Å². The van der Waals surface area contributed by atoms with Crippen LogP contribution in [0.25, 0.3) is 10.8 Å². The number of carbonyl (C=O) groups is 3. The third-order valence-corrected chi connectivity index (χ3v) is 3.46. The molecule has 2 N–H and O–H groups in total. The molecular weight excluding hydrogens is 336 g/mol. The lowest BCUT2D eigenvalue weighted by Crippen LogP contribution is -2.39. The van der Waals surface area contributed by atoms with E-state index in [1.807, 2.05) is 43.3 Å². The van der Waals surface area contributed by atoms with E-state index in [9.17, 15) is 14.4 Å². The zero-order valence-corrected chi connectivity index (χ0v) is 14.6. The average molecular weight is 358 g/mol. The number of rotatable bonds is 9. The largest absolute Gasteiger partial charge is 0.482 e. The Hall–Kier alpha value is -3.09. The van der Waals surface area contributed by atoms with Crippen molar-refractivity contribution in [1.82, 2.24) is 10.6 Å². The molecule has 0 aromatic heterocycles. The van der Waals surface area contributed by atoms with Crippen LogP contribution >= 0.6 is 0 Å². The maximum atomic E-state index is 11.7. The lowest BCUT2D eigenvalue weighted by Gasteiger charge is -2.08. The second-order valence-electron chi connectivity index (χ2n) is 5.58. The molecule has 26 heavy (non-hydrogen) atoms. The van der Waals surface area contributed by atoms with Crippen molar-refractivity contribution >= 4 is 28.6 Å². The quantitative estimate of drug-likeness (QED) is 0.661. The van der Waals surface area contributed by atoms with Crippen LogP contribution in [0.3, 0.4) is 0 Å². The van der Waals surface area contributed by atoms with Gasteiger partial charge in [-0.1, -0.05) is 37.3 Å². The molecule has 2 aromatic carbocycles. The Labute approximate surface area is 151 Å². The molecule has 0 bridgehead atoms. The summed E-state index contributed by atoms with van der Waals surface area (Å²) in [6, 6.07) is 13.3. The molecule has 7 heteroatoms. The minimum atomic E-state index is -0.663. The van der Waals surface area contributed by atoms with Gasteiger partial charge in [-0.05, 0) is 29.3 Å². The van der Waals surface area contributed by atoms with Gasteiger partial charge in [0.05, 0.1) is 6.54 Å². The Bertz CT molecular complexity index is 775. The summed E-state index contributed by atoms with van der Waals surface area (Å²) in [6.45, 7) is 1.57. The molecule has 0 saturated heterocycles. The number of hydrogen-bond donors (Lipinski definition) is 2. The number of esters is 1. The SMILES string of the molecule is CCCNC(=O)CNC(=O)COC(=O)COc1ccc2ccccc2c1. The summed E-state index contributed by atoms with van der Waals surface area (Å²) in [4.78, 5) is 34.5. The second-order valence-corrected chi connectivity index (χ2v) is 5.58. The van der Waals surface area contributed by atoms with E-state index in [0.717, 1.165) is 17.2 Å². The molecule has 0 aliphatic carbocycles. The Morgan fingerprint density at radius 1 is 0.923 bits per heavy atom. The standard InChI is InChI=1S/C19H22N2O5/c1-2-9-20-17(22)11-21-18(23)12-26-19(24)13-25-16-8-7-14-5-3-4-6-15(14)10-16/h3-8,10H,2,9,11-13H2,1H3,(H,20,22)(H,21,23). The van der Waals surface area contributed by atoms with Crippen LogP contribution in [0, 0.1) is 0 Å². The van der Waals surface area contributed by atoms with E-state index in [1.54, 1.807) is 6.07 Å². The number of hydrogen-bond acceptors (Lipinski definition) is 5. The van der Waals surface area contributed by atoms with Crippen LogP contribution in [-0.4, -0.2) is 44.1 Å². The lowest BCUT2D eigenvalue weighted by molar-refractivity contribution is -0.150. The molecule has 7 nitrogen and oxygen atoms in total. The van der Waals surface area contributed by atoms with Crippen LogP contribution in [-0.2, 0) is 19.1 Å². The first kappa shape index (κ1) is 19.2. The van der Waals surface area contributed by atoms with Gasteiger partial charge in [-0.3, -0.25) is 9.59 Å². The highest BCUT2D eigenvalue weighted by atomic mass is 16.6. The summed E-state index contributed by atoms with van der Waals surface area (Å²) < 4.78 is 10.2. The van der Waals surface area contributed by atoms with Crippen LogP contribution in [0.2, 0.25) is 0 Å². The van der Waals surface area contributed by atoms with Gasteiger partial charge in [0, 0.05) is 6.54 Å². The Balaban J connectivity index is 1.68. The van der Waals surface area contributed by atoms with Gasteiger partial charge in [-0.15, -0.1) is 0 Å². The molecule has 0 aliphatic heterocycles. The van der Waals surface area contributed by atoms with Crippen molar-refractivity contribution in [3.8, 4) is 5.75 Å². The van der Waals surface area contributed by atoms with Crippen molar-refractivity contribution in [2.24, 2.45) is 0 Å². The topological polar surface area (TPSA) is 93.7 Å². The Kier molecular flexibility index (Phi) is 7.42. The number of amides is 2. The summed E-state index contributed by atoms with van der Waals surface area (Å²) in [6.07, 6.45) is 0.814. The number of benzene rings is 2. The Morgan fingerprint density at radius 2 is 1.69 bits per heavy atom. The first-order chi connectivity index (χ1) is 12.6. The fraction of sp³-hybridized carbons (Fsp3) is 0.316. The third kappa shape index (κ3) is 6.43. The van der Waals surface area contributed by atoms with Gasteiger partial charge in [0.1, 0.15) is 5.75 Å². The monoisotopic (exact) mass is 358 g/mol. The Morgan fingerprint density at radius 3 is 2.46 bits per heavy atom. The maximum absolute atomic E-state index is 11.7. The molecular formula is C19H22N2O5. The molecule has 0 aliphatic rings. The number of ether oxygens (including phenoxy) is 2. The van der Waals surface area contributed by atoms with Crippen molar-refractivity contribution in [3.05, 3.63) is 42.5 Å². The average Bonchev–Trinajstić information content (AvgIpc) is 2.67. The van der Waals surface area contributed by atoms with E-state index >= 15 is 0 Å². The van der Waals surface area contributed by atoms with Crippen LogP contribution in [0.15, 0.2) is 42.5 Å². The van der Waals surface area contributed by atoms with Gasteiger partial charge in [-0.25, -0.2) is 4.79 Å². The van der Waals surface area contributed by atoms with Crippen LogP contribution in [0.4, 0.5) is 0 Å². The molecule has 138 valence electrons. The molecule has 2 rings (SSSR count). The minimum Gasteiger partial charge on any atom is -0.482 e. The van der Waals surface area contributed by atoms with Crippen molar-refractivity contribution in [2.75, 3.05) is 26.3 Å². The number of fused-ring (bicyclic) bond motifs is 1. The zero-order valence-electron chi connectivity index (χ0n) is 14.6. The first-order valence-corrected chi connectivity index (χ1v) is 8.39. The maximum Gasteiger partial charge on any atom is 0.344 e. The number of carbonyl (C=O) groups excluding carboxylic acids is 3. The lowest BCUT2D eigenvalue weighted by atomic mass is 10.1. The van der Waals surface area contributed by atoms with E-state index < -0.39 is 18.5 Å². The minimum absolute atomic E-state index is 0.149. The van der Waals surface area contributed by atoms with Gasteiger partial charge in [-0.2, -0.15) is 0 Å². The molecule has 0 radical (unpaired) electrons. The van der Waals surface area contributed by atoms with Gasteiger partial charge in [0.15, 0.2) is 13.2 Å². The molecule has 0 heterocycles. The van der Waals surface area contributed by atoms with Gasteiger partial charge >= 0.3 is 5.97 Å². The number of nitrogens with one attached hydrogen (secondary N) is 2. The van der Waals surface area contributed by atoms with E-state index in [0.29, 0.717) is 12.3 Å². The summed E-state index contributed by atoms with van der Waals surface area (Å²) in [5.41, 5.74) is 0. The molecule has 2 amide bonds. The highest BCUT2D eigenvalue weighted by Crippen LogP contribution is 2.20. The predicted molar refractivity (Wildman–Crippen MR) is 96.7 cm³/mol. The van der Waals surface area contributed by atoms with Crippen LogP contribution in [0.5, 0.6) is 5.75 Å². The molecule has 0 saturated carbocycles. The van der Waals surface area contributed by atoms with Crippen molar-refractivity contribution in [1.29, 1.82) is 0 Å². The molecule has 0 fully saturated rings. The van der Waals surface area contributed by atoms with Crippen molar-refractivity contribution in [3.63, 3.8) is 0 Å². The zero-order chi connectivity index (χ0) is 18.8. The first-order valence-electron chi connectivity index (χ1n) is 8.39. The van der Waals surface area contributed by atoms with Gasteiger partial charge in [0.25, 0.3) is 5.91 Å². The van der Waals surface area contributed by atoms with Crippen molar-refractivity contribution in [2.45, 2.75) is 13.3 Å². The molecule has 0 spiro atoms. The fourth-order valence-corrected chi connectivity index (χ4v) is 2.14.